The lowest BCUT2D eigenvalue weighted by molar-refractivity contribution is -0.144. The second-order valence-corrected chi connectivity index (χ2v) is 4.54. The maximum Gasteiger partial charge on any atom is 0.328 e. The minimum Gasteiger partial charge on any atom is -0.467 e. The van der Waals surface area contributed by atoms with E-state index in [2.05, 4.69) is 10.1 Å². The SMILES string of the molecule is COC(=O)C(C)NC(=O)C(N)Cc1ccc(CO)cc1. The van der Waals surface area contributed by atoms with Gasteiger partial charge < -0.3 is 20.9 Å². The summed E-state index contributed by atoms with van der Waals surface area (Å²) in [5.41, 5.74) is 7.48. The van der Waals surface area contributed by atoms with Gasteiger partial charge in [-0.25, -0.2) is 4.79 Å². The Morgan fingerprint density at radius 2 is 1.85 bits per heavy atom. The third kappa shape index (κ3) is 4.64. The first kappa shape index (κ1) is 16.1. The summed E-state index contributed by atoms with van der Waals surface area (Å²) in [7, 11) is 1.26. The summed E-state index contributed by atoms with van der Waals surface area (Å²) in [5.74, 6) is -0.924. The van der Waals surface area contributed by atoms with Crippen LogP contribution in [0.15, 0.2) is 24.3 Å². The van der Waals surface area contributed by atoms with Crippen molar-refractivity contribution >= 4 is 11.9 Å². The van der Waals surface area contributed by atoms with Crippen molar-refractivity contribution in [1.29, 1.82) is 0 Å². The quantitative estimate of drug-likeness (QED) is 0.622. The minimum atomic E-state index is -0.748. The monoisotopic (exact) mass is 280 g/mol. The molecule has 0 aliphatic carbocycles. The second-order valence-electron chi connectivity index (χ2n) is 4.54. The molecular formula is C14H20N2O4. The van der Waals surface area contributed by atoms with Gasteiger partial charge >= 0.3 is 5.97 Å². The summed E-state index contributed by atoms with van der Waals surface area (Å²) in [6, 6.07) is 5.69. The summed E-state index contributed by atoms with van der Waals surface area (Å²) >= 11 is 0. The van der Waals surface area contributed by atoms with Crippen molar-refractivity contribution in [3.63, 3.8) is 0 Å². The van der Waals surface area contributed by atoms with Gasteiger partial charge in [-0.3, -0.25) is 4.79 Å². The number of carbonyl (C=O) groups is 2. The number of amides is 1. The topological polar surface area (TPSA) is 102 Å². The van der Waals surface area contributed by atoms with Crippen LogP contribution in [0.4, 0.5) is 0 Å². The van der Waals surface area contributed by atoms with Crippen LogP contribution < -0.4 is 11.1 Å². The van der Waals surface area contributed by atoms with E-state index < -0.39 is 24.0 Å². The molecule has 0 aliphatic heterocycles. The number of esters is 1. The molecule has 1 rings (SSSR count). The minimum absolute atomic E-state index is 0.0243. The van der Waals surface area contributed by atoms with Gasteiger partial charge in [0.15, 0.2) is 0 Å². The van der Waals surface area contributed by atoms with Crippen LogP contribution in [0, 0.1) is 0 Å². The van der Waals surface area contributed by atoms with Gasteiger partial charge in [-0.05, 0) is 24.5 Å². The van der Waals surface area contributed by atoms with Gasteiger partial charge in [0.05, 0.1) is 19.8 Å². The zero-order chi connectivity index (χ0) is 15.1. The van der Waals surface area contributed by atoms with Crippen molar-refractivity contribution < 1.29 is 19.4 Å². The first-order valence-electron chi connectivity index (χ1n) is 6.30. The van der Waals surface area contributed by atoms with Gasteiger partial charge in [0.25, 0.3) is 0 Å². The van der Waals surface area contributed by atoms with Gasteiger partial charge in [-0.1, -0.05) is 24.3 Å². The van der Waals surface area contributed by atoms with E-state index in [-0.39, 0.29) is 6.61 Å². The van der Waals surface area contributed by atoms with Crippen molar-refractivity contribution in [1.82, 2.24) is 5.32 Å². The standard InChI is InChI=1S/C14H20N2O4/c1-9(14(19)20-2)16-13(18)12(15)7-10-3-5-11(8-17)6-4-10/h3-6,9,12,17H,7-8,15H2,1-2H3,(H,16,18). The Bertz CT molecular complexity index is 459. The summed E-state index contributed by atoms with van der Waals surface area (Å²) in [4.78, 5) is 23.0. The Morgan fingerprint density at radius 1 is 1.30 bits per heavy atom. The largest absolute Gasteiger partial charge is 0.467 e. The first-order chi connectivity index (χ1) is 9.47. The van der Waals surface area contributed by atoms with Gasteiger partial charge in [0.1, 0.15) is 6.04 Å². The van der Waals surface area contributed by atoms with Crippen molar-refractivity contribution in [2.75, 3.05) is 7.11 Å². The molecule has 1 amide bonds. The van der Waals surface area contributed by atoms with Crippen LogP contribution in [0.3, 0.4) is 0 Å². The van der Waals surface area contributed by atoms with E-state index in [9.17, 15) is 9.59 Å². The maximum atomic E-state index is 11.8. The van der Waals surface area contributed by atoms with E-state index in [1.165, 1.54) is 14.0 Å². The van der Waals surface area contributed by atoms with E-state index in [1.807, 2.05) is 12.1 Å². The molecule has 0 spiro atoms. The van der Waals surface area contributed by atoms with E-state index in [0.717, 1.165) is 11.1 Å². The van der Waals surface area contributed by atoms with Crippen LogP contribution in [0.1, 0.15) is 18.1 Å². The highest BCUT2D eigenvalue weighted by molar-refractivity contribution is 5.87. The number of carbonyl (C=O) groups excluding carboxylic acids is 2. The molecule has 1 aromatic rings. The molecule has 0 saturated heterocycles. The molecule has 0 aliphatic rings. The molecule has 0 aromatic heterocycles. The number of nitrogens with two attached hydrogens (primary N) is 1. The van der Waals surface area contributed by atoms with Crippen molar-refractivity contribution in [3.05, 3.63) is 35.4 Å². The molecule has 0 fully saturated rings. The van der Waals surface area contributed by atoms with Gasteiger partial charge in [0.2, 0.25) is 5.91 Å². The Kier molecular flexibility index (Phi) is 6.14. The van der Waals surface area contributed by atoms with Crippen LogP contribution in [-0.2, 0) is 27.4 Å². The van der Waals surface area contributed by atoms with Crippen molar-refractivity contribution in [2.24, 2.45) is 5.73 Å². The van der Waals surface area contributed by atoms with Crippen LogP contribution in [0.2, 0.25) is 0 Å². The highest BCUT2D eigenvalue weighted by Gasteiger charge is 2.20. The van der Waals surface area contributed by atoms with Crippen LogP contribution >= 0.6 is 0 Å². The lowest BCUT2D eigenvalue weighted by Gasteiger charge is -2.16. The lowest BCUT2D eigenvalue weighted by atomic mass is 10.0. The zero-order valence-corrected chi connectivity index (χ0v) is 11.6. The van der Waals surface area contributed by atoms with Crippen LogP contribution in [0.5, 0.6) is 0 Å². The fraction of sp³-hybridized carbons (Fsp3) is 0.429. The molecule has 0 saturated carbocycles. The number of benzene rings is 1. The van der Waals surface area contributed by atoms with Gasteiger partial charge in [-0.2, -0.15) is 0 Å². The normalized spacial score (nSPS) is 13.4. The highest BCUT2D eigenvalue weighted by atomic mass is 16.5. The van der Waals surface area contributed by atoms with E-state index in [1.54, 1.807) is 12.1 Å². The Labute approximate surface area is 117 Å². The van der Waals surface area contributed by atoms with Crippen molar-refractivity contribution in [2.45, 2.75) is 32.0 Å². The van der Waals surface area contributed by atoms with Crippen LogP contribution in [-0.4, -0.2) is 36.2 Å². The molecule has 20 heavy (non-hydrogen) atoms. The number of nitrogens with one attached hydrogen (secondary N) is 1. The van der Waals surface area contributed by atoms with Gasteiger partial charge in [-0.15, -0.1) is 0 Å². The number of ether oxygens (including phenoxy) is 1. The average Bonchev–Trinajstić information content (AvgIpc) is 2.46. The molecule has 0 bridgehead atoms. The molecule has 6 nitrogen and oxygen atoms in total. The number of aliphatic hydroxyl groups excluding tert-OH is 1. The Balaban J connectivity index is 2.54. The maximum absolute atomic E-state index is 11.8. The third-order valence-corrected chi connectivity index (χ3v) is 2.91. The predicted octanol–water partition coefficient (Wildman–Crippen LogP) is -0.274. The van der Waals surface area contributed by atoms with Crippen molar-refractivity contribution in [3.8, 4) is 0 Å². The molecule has 6 heteroatoms. The summed E-state index contributed by atoms with van der Waals surface area (Å²) < 4.78 is 4.52. The van der Waals surface area contributed by atoms with Gasteiger partial charge in [0, 0.05) is 0 Å². The predicted molar refractivity (Wildman–Crippen MR) is 73.7 cm³/mol. The third-order valence-electron chi connectivity index (χ3n) is 2.91. The molecule has 110 valence electrons. The zero-order valence-electron chi connectivity index (χ0n) is 11.6. The molecule has 0 heterocycles. The van der Waals surface area contributed by atoms with E-state index in [4.69, 9.17) is 10.8 Å². The molecular weight excluding hydrogens is 260 g/mol. The van der Waals surface area contributed by atoms with E-state index >= 15 is 0 Å². The number of hydrogen-bond donors (Lipinski definition) is 3. The lowest BCUT2D eigenvalue weighted by Crippen LogP contribution is -2.48. The summed E-state index contributed by atoms with van der Waals surface area (Å²) in [6.07, 6.45) is 0.353. The molecule has 4 N–H and O–H groups in total. The van der Waals surface area contributed by atoms with Crippen LogP contribution in [0.25, 0.3) is 0 Å². The summed E-state index contributed by atoms with van der Waals surface area (Å²) in [5, 5.41) is 11.4. The number of hydrogen-bond acceptors (Lipinski definition) is 5. The molecule has 0 radical (unpaired) electrons. The number of rotatable bonds is 6. The first-order valence-corrected chi connectivity index (χ1v) is 6.30. The number of methoxy groups -OCH3 is 1. The fourth-order valence-electron chi connectivity index (χ4n) is 1.68. The fourth-order valence-corrected chi connectivity index (χ4v) is 1.68. The summed E-state index contributed by atoms with van der Waals surface area (Å²) in [6.45, 7) is 1.51. The Hall–Kier alpha value is -1.92. The number of aliphatic hydroxyl groups is 1. The molecule has 2 atom stereocenters. The molecule has 1 aromatic carbocycles. The molecule has 2 unspecified atom stereocenters. The smallest absolute Gasteiger partial charge is 0.328 e. The highest BCUT2D eigenvalue weighted by Crippen LogP contribution is 2.06. The van der Waals surface area contributed by atoms with E-state index in [0.29, 0.717) is 6.42 Å². The second kappa shape index (κ2) is 7.62. The average molecular weight is 280 g/mol. The Morgan fingerprint density at radius 3 is 2.35 bits per heavy atom.